The van der Waals surface area contributed by atoms with Crippen molar-refractivity contribution in [3.05, 3.63) is 52.6 Å². The van der Waals surface area contributed by atoms with Crippen molar-refractivity contribution >= 4 is 15.9 Å². The zero-order valence-electron chi connectivity index (χ0n) is 9.69. The second-order valence-corrected chi connectivity index (χ2v) is 4.73. The average molecular weight is 292 g/mol. The lowest BCUT2D eigenvalue weighted by molar-refractivity contribution is 0.462. The highest BCUT2D eigenvalue weighted by Gasteiger charge is 1.98. The van der Waals surface area contributed by atoms with Crippen molar-refractivity contribution in [2.75, 3.05) is 0 Å². The predicted octanol–water partition coefficient (Wildman–Crippen LogP) is 4.59. The van der Waals surface area contributed by atoms with E-state index < -0.39 is 0 Å². The van der Waals surface area contributed by atoms with Crippen molar-refractivity contribution in [1.29, 1.82) is 0 Å². The summed E-state index contributed by atoms with van der Waals surface area (Å²) in [6.07, 6.45) is 3.99. The highest BCUT2D eigenvalue weighted by Crippen LogP contribution is 2.21. The third-order valence-electron chi connectivity index (χ3n) is 2.38. The number of aryl methyl sites for hydroxylation is 1. The Labute approximate surface area is 110 Å². The molecule has 17 heavy (non-hydrogen) atoms. The zero-order valence-corrected chi connectivity index (χ0v) is 11.3. The Balaban J connectivity index is 2.05. The lowest BCUT2D eigenvalue weighted by Crippen LogP contribution is -1.88. The largest absolute Gasteiger partial charge is 0.439 e. The van der Waals surface area contributed by atoms with Crippen molar-refractivity contribution in [2.45, 2.75) is 19.8 Å². The number of aromatic nitrogens is 1. The minimum atomic E-state index is 0.608. The molecule has 0 amide bonds. The predicted molar refractivity (Wildman–Crippen MR) is 72.4 cm³/mol. The van der Waals surface area contributed by atoms with Crippen LogP contribution in [-0.2, 0) is 6.42 Å². The van der Waals surface area contributed by atoms with Crippen LogP contribution in [0.4, 0.5) is 0 Å². The Morgan fingerprint density at radius 1 is 1.12 bits per heavy atom. The first kappa shape index (κ1) is 12.1. The quantitative estimate of drug-likeness (QED) is 0.822. The Bertz CT molecular complexity index is 465. The van der Waals surface area contributed by atoms with E-state index >= 15 is 0 Å². The van der Waals surface area contributed by atoms with Gasteiger partial charge in [-0.3, -0.25) is 0 Å². The Morgan fingerprint density at radius 3 is 2.47 bits per heavy atom. The summed E-state index contributed by atoms with van der Waals surface area (Å²) in [6.45, 7) is 2.18. The first-order valence-electron chi connectivity index (χ1n) is 5.66. The molecule has 2 rings (SSSR count). The molecule has 0 unspecified atom stereocenters. The van der Waals surface area contributed by atoms with Gasteiger partial charge in [-0.1, -0.05) is 25.5 Å². The first-order valence-corrected chi connectivity index (χ1v) is 6.45. The van der Waals surface area contributed by atoms with Crippen molar-refractivity contribution in [3.8, 4) is 11.6 Å². The van der Waals surface area contributed by atoms with E-state index in [2.05, 4.69) is 40.0 Å². The topological polar surface area (TPSA) is 22.1 Å². The monoisotopic (exact) mass is 291 g/mol. The van der Waals surface area contributed by atoms with Gasteiger partial charge in [0.25, 0.3) is 0 Å². The second-order valence-electron chi connectivity index (χ2n) is 3.81. The van der Waals surface area contributed by atoms with Crippen LogP contribution in [0.15, 0.2) is 47.1 Å². The molecule has 1 aromatic heterocycles. The van der Waals surface area contributed by atoms with E-state index in [0.29, 0.717) is 5.88 Å². The van der Waals surface area contributed by atoms with Gasteiger partial charge >= 0.3 is 0 Å². The molecule has 2 nitrogen and oxygen atoms in total. The standard InChI is InChI=1S/C14H14BrNO/c1-2-3-11-4-7-13(8-5-11)17-14-9-6-12(15)10-16-14/h4-10H,2-3H2,1H3. The molecule has 0 spiro atoms. The minimum Gasteiger partial charge on any atom is -0.439 e. The molecule has 2 aromatic rings. The number of nitrogens with zero attached hydrogens (tertiary/aromatic N) is 1. The lowest BCUT2D eigenvalue weighted by atomic mass is 10.1. The van der Waals surface area contributed by atoms with Crippen LogP contribution in [0.2, 0.25) is 0 Å². The van der Waals surface area contributed by atoms with Crippen LogP contribution >= 0.6 is 15.9 Å². The average Bonchev–Trinajstić information content (AvgIpc) is 2.35. The maximum atomic E-state index is 5.63. The van der Waals surface area contributed by atoms with E-state index in [1.165, 1.54) is 5.56 Å². The van der Waals surface area contributed by atoms with Crippen LogP contribution < -0.4 is 4.74 Å². The number of halogens is 1. The van der Waals surface area contributed by atoms with Gasteiger partial charge in [-0.15, -0.1) is 0 Å². The lowest BCUT2D eigenvalue weighted by Gasteiger charge is -2.05. The summed E-state index contributed by atoms with van der Waals surface area (Å²) in [4.78, 5) is 4.16. The van der Waals surface area contributed by atoms with Gasteiger partial charge in [-0.05, 0) is 46.1 Å². The van der Waals surface area contributed by atoms with Gasteiger partial charge in [0.1, 0.15) is 5.75 Å². The highest BCUT2D eigenvalue weighted by molar-refractivity contribution is 9.10. The van der Waals surface area contributed by atoms with Gasteiger partial charge in [0, 0.05) is 16.7 Å². The van der Waals surface area contributed by atoms with Crippen LogP contribution in [0.1, 0.15) is 18.9 Å². The maximum Gasteiger partial charge on any atom is 0.219 e. The van der Waals surface area contributed by atoms with E-state index in [0.717, 1.165) is 23.1 Å². The number of ether oxygens (including phenoxy) is 1. The molecule has 0 N–H and O–H groups in total. The van der Waals surface area contributed by atoms with Gasteiger partial charge in [0.05, 0.1) is 0 Å². The molecule has 0 saturated heterocycles. The zero-order chi connectivity index (χ0) is 12.1. The molecule has 0 radical (unpaired) electrons. The molecule has 0 bridgehead atoms. The molecule has 0 atom stereocenters. The smallest absolute Gasteiger partial charge is 0.219 e. The molecule has 1 heterocycles. The fraction of sp³-hybridized carbons (Fsp3) is 0.214. The fourth-order valence-electron chi connectivity index (χ4n) is 1.56. The highest BCUT2D eigenvalue weighted by atomic mass is 79.9. The van der Waals surface area contributed by atoms with Crippen LogP contribution in [-0.4, -0.2) is 4.98 Å². The Hall–Kier alpha value is -1.35. The summed E-state index contributed by atoms with van der Waals surface area (Å²) in [5, 5.41) is 0. The Kier molecular flexibility index (Phi) is 4.15. The van der Waals surface area contributed by atoms with E-state index in [1.54, 1.807) is 6.20 Å². The van der Waals surface area contributed by atoms with E-state index in [-0.39, 0.29) is 0 Å². The van der Waals surface area contributed by atoms with Gasteiger partial charge in [0.15, 0.2) is 0 Å². The van der Waals surface area contributed by atoms with Crippen molar-refractivity contribution in [1.82, 2.24) is 4.98 Å². The van der Waals surface area contributed by atoms with E-state index in [1.807, 2.05) is 24.3 Å². The van der Waals surface area contributed by atoms with Gasteiger partial charge < -0.3 is 4.74 Å². The molecule has 88 valence electrons. The molecule has 0 aliphatic carbocycles. The fourth-order valence-corrected chi connectivity index (χ4v) is 1.79. The summed E-state index contributed by atoms with van der Waals surface area (Å²) < 4.78 is 6.58. The molecular formula is C14H14BrNO. The number of pyridine rings is 1. The van der Waals surface area contributed by atoms with Crippen LogP contribution in [0, 0.1) is 0 Å². The summed E-state index contributed by atoms with van der Waals surface area (Å²) in [6, 6.07) is 11.9. The summed E-state index contributed by atoms with van der Waals surface area (Å²) in [5.74, 6) is 1.43. The summed E-state index contributed by atoms with van der Waals surface area (Å²) >= 11 is 3.34. The third kappa shape index (κ3) is 3.56. The second kappa shape index (κ2) is 5.82. The van der Waals surface area contributed by atoms with Gasteiger partial charge in [-0.2, -0.15) is 0 Å². The Morgan fingerprint density at radius 2 is 1.88 bits per heavy atom. The molecule has 3 heteroatoms. The van der Waals surface area contributed by atoms with E-state index in [4.69, 9.17) is 4.74 Å². The van der Waals surface area contributed by atoms with E-state index in [9.17, 15) is 0 Å². The van der Waals surface area contributed by atoms with Crippen molar-refractivity contribution < 1.29 is 4.74 Å². The molecule has 0 saturated carbocycles. The number of benzene rings is 1. The van der Waals surface area contributed by atoms with Crippen molar-refractivity contribution in [2.24, 2.45) is 0 Å². The molecule has 0 aliphatic rings. The molecule has 1 aromatic carbocycles. The maximum absolute atomic E-state index is 5.63. The molecule has 0 aliphatic heterocycles. The van der Waals surface area contributed by atoms with Gasteiger partial charge in [-0.25, -0.2) is 4.98 Å². The van der Waals surface area contributed by atoms with Crippen LogP contribution in [0.3, 0.4) is 0 Å². The molecule has 0 fully saturated rings. The van der Waals surface area contributed by atoms with Crippen molar-refractivity contribution in [3.63, 3.8) is 0 Å². The number of hydrogen-bond acceptors (Lipinski definition) is 2. The molecular weight excluding hydrogens is 278 g/mol. The van der Waals surface area contributed by atoms with Crippen LogP contribution in [0.25, 0.3) is 0 Å². The minimum absolute atomic E-state index is 0.608. The SMILES string of the molecule is CCCc1ccc(Oc2ccc(Br)cn2)cc1. The number of hydrogen-bond donors (Lipinski definition) is 0. The first-order chi connectivity index (χ1) is 8.28. The normalized spacial score (nSPS) is 10.2. The van der Waals surface area contributed by atoms with Crippen LogP contribution in [0.5, 0.6) is 11.6 Å². The van der Waals surface area contributed by atoms with Gasteiger partial charge in [0.2, 0.25) is 5.88 Å². The number of rotatable bonds is 4. The summed E-state index contributed by atoms with van der Waals surface area (Å²) in [5.41, 5.74) is 1.34. The third-order valence-corrected chi connectivity index (χ3v) is 2.85. The summed E-state index contributed by atoms with van der Waals surface area (Å²) in [7, 11) is 0.